The number of aryl methyl sites for hydroxylation is 1. The van der Waals surface area contributed by atoms with E-state index in [0.717, 1.165) is 25.2 Å². The van der Waals surface area contributed by atoms with E-state index in [1.165, 1.54) is 4.31 Å². The second kappa shape index (κ2) is 10.3. The minimum atomic E-state index is -3.89. The molecule has 1 saturated heterocycles. The van der Waals surface area contributed by atoms with Crippen molar-refractivity contribution in [3.8, 4) is 0 Å². The fourth-order valence-corrected chi connectivity index (χ4v) is 5.19. The zero-order chi connectivity index (χ0) is 22.6. The molecule has 3 rings (SSSR count). The number of likely N-dealkylation sites (N-methyl/N-ethyl adjacent to an activating group) is 1. The summed E-state index contributed by atoms with van der Waals surface area (Å²) in [6.45, 7) is 7.48. The van der Waals surface area contributed by atoms with Crippen LogP contribution in [0, 0.1) is 6.92 Å². The van der Waals surface area contributed by atoms with E-state index in [0.29, 0.717) is 28.7 Å². The zero-order valence-corrected chi connectivity index (χ0v) is 20.1. The van der Waals surface area contributed by atoms with E-state index in [9.17, 15) is 13.2 Å². The number of amides is 1. The molecule has 6 nitrogen and oxygen atoms in total. The summed E-state index contributed by atoms with van der Waals surface area (Å²) in [6, 6.07) is 11.6. The Balaban J connectivity index is 1.85. The summed E-state index contributed by atoms with van der Waals surface area (Å²) < 4.78 is 28.0. The largest absolute Gasteiger partial charge is 0.339 e. The van der Waals surface area contributed by atoms with E-state index < -0.39 is 10.0 Å². The Hall–Kier alpha value is -1.64. The maximum absolute atomic E-state index is 13.4. The van der Waals surface area contributed by atoms with Gasteiger partial charge in [0.2, 0.25) is 15.9 Å². The highest BCUT2D eigenvalue weighted by atomic mass is 35.5. The van der Waals surface area contributed by atoms with Gasteiger partial charge in [0.25, 0.3) is 0 Å². The van der Waals surface area contributed by atoms with Crippen LogP contribution in [0.15, 0.2) is 47.4 Å². The Labute approximate surface area is 194 Å². The highest BCUT2D eigenvalue weighted by molar-refractivity contribution is 7.89. The highest BCUT2D eigenvalue weighted by Crippen LogP contribution is 2.25. The van der Waals surface area contributed by atoms with E-state index in [1.807, 2.05) is 6.92 Å². The summed E-state index contributed by atoms with van der Waals surface area (Å²) in [5.41, 5.74) is 1.62. The molecule has 31 heavy (non-hydrogen) atoms. The summed E-state index contributed by atoms with van der Waals surface area (Å²) in [6.07, 6.45) is 0. The molecule has 1 fully saturated rings. The molecule has 0 saturated carbocycles. The van der Waals surface area contributed by atoms with Gasteiger partial charge >= 0.3 is 0 Å². The fraction of sp³-hybridized carbons (Fsp3) is 0.409. The first-order valence-electron chi connectivity index (χ1n) is 10.2. The Morgan fingerprint density at radius 2 is 1.65 bits per heavy atom. The molecular formula is C22H27Cl2N3O3S. The Morgan fingerprint density at radius 3 is 2.23 bits per heavy atom. The van der Waals surface area contributed by atoms with Crippen molar-refractivity contribution in [1.82, 2.24) is 14.1 Å². The SMILES string of the molecule is CCN1CCN(C(=O)CN(Cc2ccc(Cl)c(Cl)c2)S(=O)(=O)c2ccc(C)cc2)CC1. The first-order valence-corrected chi connectivity index (χ1v) is 12.4. The summed E-state index contributed by atoms with van der Waals surface area (Å²) in [5.74, 6) is -0.202. The molecule has 2 aromatic carbocycles. The average molecular weight is 484 g/mol. The lowest BCUT2D eigenvalue weighted by molar-refractivity contribution is -0.133. The standard InChI is InChI=1S/C22H27Cl2N3O3S/c1-3-25-10-12-26(13-11-25)22(28)16-27(15-18-6-9-20(23)21(24)14-18)31(29,30)19-7-4-17(2)5-8-19/h4-9,14H,3,10-13,15-16H2,1-2H3. The molecule has 1 aliphatic rings. The van der Waals surface area contributed by atoms with Crippen LogP contribution >= 0.6 is 23.2 Å². The third-order valence-corrected chi connectivity index (χ3v) is 8.03. The molecule has 1 aliphatic heterocycles. The predicted octanol–water partition coefficient (Wildman–Crippen LogP) is 3.66. The average Bonchev–Trinajstić information content (AvgIpc) is 2.76. The molecule has 0 aliphatic carbocycles. The van der Waals surface area contributed by atoms with Gasteiger partial charge in [0.05, 0.1) is 21.5 Å². The lowest BCUT2D eigenvalue weighted by Gasteiger charge is -2.35. The first kappa shape index (κ1) is 24.0. The highest BCUT2D eigenvalue weighted by Gasteiger charge is 2.30. The van der Waals surface area contributed by atoms with Crippen molar-refractivity contribution in [3.05, 3.63) is 63.6 Å². The minimum Gasteiger partial charge on any atom is -0.339 e. The van der Waals surface area contributed by atoms with Crippen LogP contribution in [0.1, 0.15) is 18.1 Å². The van der Waals surface area contributed by atoms with Gasteiger partial charge in [-0.15, -0.1) is 0 Å². The third kappa shape index (κ3) is 5.99. The van der Waals surface area contributed by atoms with Crippen molar-refractivity contribution in [2.75, 3.05) is 39.3 Å². The number of halogens is 2. The maximum Gasteiger partial charge on any atom is 0.243 e. The Bertz CT molecular complexity index is 1020. The number of carbonyl (C=O) groups excluding carboxylic acids is 1. The van der Waals surface area contributed by atoms with Crippen LogP contribution in [0.4, 0.5) is 0 Å². The molecular weight excluding hydrogens is 457 g/mol. The van der Waals surface area contributed by atoms with Crippen LogP contribution in [0.2, 0.25) is 10.0 Å². The van der Waals surface area contributed by atoms with Crippen LogP contribution in [-0.2, 0) is 21.4 Å². The number of benzene rings is 2. The van der Waals surface area contributed by atoms with Crippen molar-refractivity contribution in [2.24, 2.45) is 0 Å². The lowest BCUT2D eigenvalue weighted by atomic mass is 10.2. The zero-order valence-electron chi connectivity index (χ0n) is 17.7. The number of hydrogen-bond donors (Lipinski definition) is 0. The molecule has 0 aromatic heterocycles. The van der Waals surface area contributed by atoms with Gasteiger partial charge in [-0.2, -0.15) is 4.31 Å². The molecule has 168 valence electrons. The van der Waals surface area contributed by atoms with E-state index in [1.54, 1.807) is 47.4 Å². The van der Waals surface area contributed by atoms with E-state index >= 15 is 0 Å². The molecule has 0 unspecified atom stereocenters. The van der Waals surface area contributed by atoms with E-state index in [2.05, 4.69) is 11.8 Å². The van der Waals surface area contributed by atoms with Crippen molar-refractivity contribution >= 4 is 39.1 Å². The van der Waals surface area contributed by atoms with E-state index in [4.69, 9.17) is 23.2 Å². The summed E-state index contributed by atoms with van der Waals surface area (Å²) in [5, 5.41) is 0.733. The van der Waals surface area contributed by atoms with Gasteiger partial charge in [0, 0.05) is 32.7 Å². The van der Waals surface area contributed by atoms with Crippen LogP contribution in [0.25, 0.3) is 0 Å². The predicted molar refractivity (Wildman–Crippen MR) is 124 cm³/mol. The first-order chi connectivity index (χ1) is 14.7. The molecule has 0 bridgehead atoms. The summed E-state index contributed by atoms with van der Waals surface area (Å²) in [4.78, 5) is 17.2. The quantitative estimate of drug-likeness (QED) is 0.602. The van der Waals surface area contributed by atoms with Gasteiger partial charge in [-0.3, -0.25) is 4.79 Å². The normalized spacial score (nSPS) is 15.5. The van der Waals surface area contributed by atoms with Crippen molar-refractivity contribution in [3.63, 3.8) is 0 Å². The molecule has 1 amide bonds. The van der Waals surface area contributed by atoms with Crippen LogP contribution in [0.3, 0.4) is 0 Å². The van der Waals surface area contributed by atoms with Crippen molar-refractivity contribution < 1.29 is 13.2 Å². The number of rotatable bonds is 7. The number of piperazine rings is 1. The second-order valence-corrected chi connectivity index (χ2v) is 10.4. The monoisotopic (exact) mass is 483 g/mol. The minimum absolute atomic E-state index is 0.0216. The second-order valence-electron chi connectivity index (χ2n) is 7.65. The fourth-order valence-electron chi connectivity index (χ4n) is 3.49. The summed E-state index contributed by atoms with van der Waals surface area (Å²) in [7, 11) is -3.89. The maximum atomic E-state index is 13.4. The van der Waals surface area contributed by atoms with Gasteiger partial charge in [-0.1, -0.05) is 53.9 Å². The Morgan fingerprint density at radius 1 is 1.00 bits per heavy atom. The van der Waals surface area contributed by atoms with Crippen LogP contribution in [0.5, 0.6) is 0 Å². The molecule has 1 heterocycles. The number of sulfonamides is 1. The smallest absolute Gasteiger partial charge is 0.243 e. The lowest BCUT2D eigenvalue weighted by Crippen LogP contribution is -2.51. The van der Waals surface area contributed by atoms with Gasteiger partial charge in [0.1, 0.15) is 0 Å². The number of nitrogens with zero attached hydrogens (tertiary/aromatic N) is 3. The topological polar surface area (TPSA) is 60.9 Å². The molecule has 0 atom stereocenters. The molecule has 0 radical (unpaired) electrons. The van der Waals surface area contributed by atoms with Gasteiger partial charge < -0.3 is 9.80 Å². The molecule has 9 heteroatoms. The van der Waals surface area contributed by atoms with Crippen molar-refractivity contribution in [1.29, 1.82) is 0 Å². The van der Waals surface area contributed by atoms with Crippen LogP contribution < -0.4 is 0 Å². The summed E-state index contributed by atoms with van der Waals surface area (Å²) >= 11 is 12.1. The number of hydrogen-bond acceptors (Lipinski definition) is 4. The molecule has 0 N–H and O–H groups in total. The van der Waals surface area contributed by atoms with Gasteiger partial charge in [0.15, 0.2) is 0 Å². The van der Waals surface area contributed by atoms with Crippen LogP contribution in [-0.4, -0.2) is 67.7 Å². The van der Waals surface area contributed by atoms with Crippen molar-refractivity contribution in [2.45, 2.75) is 25.3 Å². The van der Waals surface area contributed by atoms with E-state index in [-0.39, 0.29) is 23.9 Å². The van der Waals surface area contributed by atoms with Gasteiger partial charge in [-0.25, -0.2) is 8.42 Å². The number of carbonyl (C=O) groups is 1. The Kier molecular flexibility index (Phi) is 7.99. The third-order valence-electron chi connectivity index (χ3n) is 5.49. The molecule has 0 spiro atoms. The molecule has 2 aromatic rings. The van der Waals surface area contributed by atoms with Gasteiger partial charge in [-0.05, 0) is 43.3 Å².